The average Bonchev–Trinajstić information content (AvgIpc) is 2.20. The number of nitrogens with two attached hydrogens (primary N) is 1. The van der Waals surface area contributed by atoms with Crippen molar-refractivity contribution in [3.63, 3.8) is 0 Å². The number of hydrogen-bond donors (Lipinski definition) is 3. The van der Waals surface area contributed by atoms with E-state index in [9.17, 15) is 14.4 Å². The average molecular weight is 243 g/mol. The van der Waals surface area contributed by atoms with Gasteiger partial charge >= 0.3 is 12.0 Å². The third-order valence-corrected chi connectivity index (χ3v) is 3.11. The topological polar surface area (TPSA) is 113 Å². The van der Waals surface area contributed by atoms with Crippen molar-refractivity contribution in [2.45, 2.75) is 19.8 Å². The molecule has 0 aromatic rings. The van der Waals surface area contributed by atoms with Gasteiger partial charge in [-0.05, 0) is 32.9 Å². The zero-order valence-corrected chi connectivity index (χ0v) is 9.73. The zero-order chi connectivity index (χ0) is 13.1. The van der Waals surface area contributed by atoms with Crippen LogP contribution >= 0.6 is 0 Å². The molecule has 96 valence electrons. The third kappa shape index (κ3) is 3.70. The van der Waals surface area contributed by atoms with Gasteiger partial charge in [-0.2, -0.15) is 0 Å². The van der Waals surface area contributed by atoms with E-state index < -0.39 is 23.3 Å². The van der Waals surface area contributed by atoms with Crippen molar-refractivity contribution in [1.29, 1.82) is 0 Å². The smallest absolute Gasteiger partial charge is 0.318 e. The van der Waals surface area contributed by atoms with E-state index in [-0.39, 0.29) is 6.54 Å². The Morgan fingerprint density at radius 3 is 2.29 bits per heavy atom. The van der Waals surface area contributed by atoms with E-state index in [1.807, 2.05) is 10.2 Å². The van der Waals surface area contributed by atoms with E-state index in [0.717, 1.165) is 0 Å². The summed E-state index contributed by atoms with van der Waals surface area (Å²) < 4.78 is 0. The largest absolute Gasteiger partial charge is 0.481 e. The van der Waals surface area contributed by atoms with Gasteiger partial charge in [0.2, 0.25) is 5.91 Å². The maximum atomic E-state index is 11.2. The molecular formula is C10H17N3O4. The van der Waals surface area contributed by atoms with Crippen LogP contribution in [0.4, 0.5) is 4.79 Å². The van der Waals surface area contributed by atoms with Crippen LogP contribution in [0.2, 0.25) is 0 Å². The van der Waals surface area contributed by atoms with Crippen LogP contribution in [-0.2, 0) is 9.59 Å². The second-order valence-electron chi connectivity index (χ2n) is 4.55. The highest BCUT2D eigenvalue weighted by Crippen LogP contribution is 2.30. The second-order valence-corrected chi connectivity index (χ2v) is 4.55. The summed E-state index contributed by atoms with van der Waals surface area (Å²) in [6, 6.07) is -0.873. The van der Waals surface area contributed by atoms with Crippen LogP contribution in [0.15, 0.2) is 0 Å². The molecule has 0 spiro atoms. The Morgan fingerprint density at radius 1 is 1.35 bits per heavy atom. The van der Waals surface area contributed by atoms with Crippen molar-refractivity contribution < 1.29 is 19.5 Å². The van der Waals surface area contributed by atoms with E-state index in [1.165, 1.54) is 0 Å². The molecule has 1 aliphatic rings. The second kappa shape index (κ2) is 5.13. The number of imide groups is 1. The van der Waals surface area contributed by atoms with Gasteiger partial charge in [0.15, 0.2) is 0 Å². The van der Waals surface area contributed by atoms with Crippen LogP contribution in [0, 0.1) is 5.41 Å². The van der Waals surface area contributed by atoms with Gasteiger partial charge in [0, 0.05) is 0 Å². The highest BCUT2D eigenvalue weighted by Gasteiger charge is 2.37. The SMILES string of the molecule is CC1(C(=O)O)CCN(CC(=O)NC(N)=O)CC1. The predicted molar refractivity (Wildman–Crippen MR) is 59.1 cm³/mol. The van der Waals surface area contributed by atoms with Crippen LogP contribution in [0.1, 0.15) is 19.8 Å². The Kier molecular flexibility index (Phi) is 4.06. The van der Waals surface area contributed by atoms with Gasteiger partial charge in [0.1, 0.15) is 0 Å². The Morgan fingerprint density at radius 2 is 1.88 bits per heavy atom. The number of hydrogen-bond acceptors (Lipinski definition) is 4. The molecule has 0 saturated carbocycles. The van der Waals surface area contributed by atoms with Gasteiger partial charge < -0.3 is 10.8 Å². The minimum Gasteiger partial charge on any atom is -0.481 e. The molecule has 7 nitrogen and oxygen atoms in total. The van der Waals surface area contributed by atoms with E-state index >= 15 is 0 Å². The van der Waals surface area contributed by atoms with E-state index in [1.54, 1.807) is 6.92 Å². The molecule has 1 fully saturated rings. The molecule has 7 heteroatoms. The summed E-state index contributed by atoms with van der Waals surface area (Å²) in [5, 5.41) is 11.0. The Labute approximate surface area is 98.9 Å². The number of piperidine rings is 1. The van der Waals surface area contributed by atoms with Crippen LogP contribution < -0.4 is 11.1 Å². The number of carboxylic acids is 1. The number of nitrogens with zero attached hydrogens (tertiary/aromatic N) is 1. The zero-order valence-electron chi connectivity index (χ0n) is 9.73. The summed E-state index contributed by atoms with van der Waals surface area (Å²) >= 11 is 0. The number of carboxylic acid groups (broad SMARTS) is 1. The quantitative estimate of drug-likeness (QED) is 0.610. The third-order valence-electron chi connectivity index (χ3n) is 3.11. The van der Waals surface area contributed by atoms with Crippen LogP contribution in [0.25, 0.3) is 0 Å². The summed E-state index contributed by atoms with van der Waals surface area (Å²) in [5.74, 6) is -1.27. The molecule has 4 N–H and O–H groups in total. The molecule has 0 atom stereocenters. The molecule has 0 aliphatic carbocycles. The maximum absolute atomic E-state index is 11.2. The maximum Gasteiger partial charge on any atom is 0.318 e. The minimum atomic E-state index is -0.873. The van der Waals surface area contributed by atoms with Crippen molar-refractivity contribution in [3.8, 4) is 0 Å². The lowest BCUT2D eigenvalue weighted by atomic mass is 9.80. The van der Waals surface area contributed by atoms with Gasteiger partial charge in [-0.3, -0.25) is 19.8 Å². The van der Waals surface area contributed by atoms with Crippen molar-refractivity contribution in [3.05, 3.63) is 0 Å². The number of primary amides is 1. The molecule has 1 aliphatic heterocycles. The van der Waals surface area contributed by atoms with Gasteiger partial charge in [-0.15, -0.1) is 0 Å². The summed E-state index contributed by atoms with van der Waals surface area (Å²) in [7, 11) is 0. The van der Waals surface area contributed by atoms with Gasteiger partial charge in [-0.1, -0.05) is 0 Å². The summed E-state index contributed by atoms with van der Waals surface area (Å²) in [6.07, 6.45) is 0.984. The van der Waals surface area contributed by atoms with Crippen molar-refractivity contribution in [2.75, 3.05) is 19.6 Å². The lowest BCUT2D eigenvalue weighted by Crippen LogP contribution is -2.47. The molecule has 0 unspecified atom stereocenters. The number of rotatable bonds is 3. The molecule has 17 heavy (non-hydrogen) atoms. The molecule has 0 bridgehead atoms. The molecule has 1 rings (SSSR count). The van der Waals surface area contributed by atoms with Crippen LogP contribution in [0.3, 0.4) is 0 Å². The lowest BCUT2D eigenvalue weighted by molar-refractivity contribution is -0.150. The molecule has 0 aromatic carbocycles. The molecule has 1 heterocycles. The van der Waals surface area contributed by atoms with E-state index in [4.69, 9.17) is 10.8 Å². The number of likely N-dealkylation sites (tertiary alicyclic amines) is 1. The number of urea groups is 1. The molecule has 3 amide bonds. The predicted octanol–water partition coefficient (Wildman–Crippen LogP) is -0.632. The van der Waals surface area contributed by atoms with Gasteiger partial charge in [0.05, 0.1) is 12.0 Å². The number of carbonyl (C=O) groups excluding carboxylic acids is 2. The highest BCUT2D eigenvalue weighted by atomic mass is 16.4. The fourth-order valence-electron chi connectivity index (χ4n) is 1.80. The van der Waals surface area contributed by atoms with E-state index in [0.29, 0.717) is 25.9 Å². The number of carbonyl (C=O) groups is 3. The first-order valence-electron chi connectivity index (χ1n) is 5.38. The first kappa shape index (κ1) is 13.4. The van der Waals surface area contributed by atoms with Crippen molar-refractivity contribution in [2.24, 2.45) is 11.1 Å². The van der Waals surface area contributed by atoms with E-state index in [2.05, 4.69) is 0 Å². The number of nitrogens with one attached hydrogen (secondary N) is 1. The Bertz CT molecular complexity index is 334. The van der Waals surface area contributed by atoms with Gasteiger partial charge in [-0.25, -0.2) is 4.79 Å². The van der Waals surface area contributed by atoms with Gasteiger partial charge in [0.25, 0.3) is 0 Å². The lowest BCUT2D eigenvalue weighted by Gasteiger charge is -2.35. The molecule has 1 saturated heterocycles. The van der Waals surface area contributed by atoms with Crippen LogP contribution in [0.5, 0.6) is 0 Å². The standard InChI is InChI=1S/C10H17N3O4/c1-10(8(15)16)2-4-13(5-3-10)6-7(14)12-9(11)17/h2-6H2,1H3,(H,15,16)(H3,11,12,14,17). The molecule has 0 aromatic heterocycles. The van der Waals surface area contributed by atoms with Crippen LogP contribution in [-0.4, -0.2) is 47.5 Å². The minimum absolute atomic E-state index is 0.0681. The molecular weight excluding hydrogens is 226 g/mol. The Hall–Kier alpha value is -1.63. The summed E-state index contributed by atoms with van der Waals surface area (Å²) in [6.45, 7) is 2.82. The molecule has 0 radical (unpaired) electrons. The monoisotopic (exact) mass is 243 g/mol. The van der Waals surface area contributed by atoms with Crippen molar-refractivity contribution >= 4 is 17.9 Å². The van der Waals surface area contributed by atoms with Crippen molar-refractivity contribution in [1.82, 2.24) is 10.2 Å². The first-order valence-corrected chi connectivity index (χ1v) is 5.38. The summed E-state index contributed by atoms with van der Waals surface area (Å²) in [5.41, 5.74) is 4.10. The number of amides is 3. The Balaban J connectivity index is 2.40. The normalized spacial score (nSPS) is 19.6. The number of aliphatic carboxylic acids is 1. The summed E-state index contributed by atoms with van der Waals surface area (Å²) in [4.78, 5) is 34.5. The fraction of sp³-hybridized carbons (Fsp3) is 0.700. The fourth-order valence-corrected chi connectivity index (χ4v) is 1.80. The highest BCUT2D eigenvalue weighted by molar-refractivity contribution is 5.94. The first-order chi connectivity index (χ1) is 7.83.